The number of benzene rings is 2. The van der Waals surface area contributed by atoms with Crippen molar-refractivity contribution >= 4 is 0 Å². The van der Waals surface area contributed by atoms with E-state index in [1.165, 1.54) is 31.4 Å². The number of aromatic hydroxyl groups is 4. The summed E-state index contributed by atoms with van der Waals surface area (Å²) in [4.78, 5) is 0. The minimum atomic E-state index is -0.968. The molecule has 23 heavy (non-hydrogen) atoms. The van der Waals surface area contributed by atoms with Crippen molar-refractivity contribution in [2.75, 3.05) is 7.11 Å². The Morgan fingerprint density at radius 2 is 1.70 bits per heavy atom. The Kier molecular flexibility index (Phi) is 3.57. The molecule has 0 amide bonds. The average molecular weight is 320 g/mol. The molecule has 1 aliphatic rings. The third kappa shape index (κ3) is 2.55. The van der Waals surface area contributed by atoms with Gasteiger partial charge in [0.1, 0.15) is 17.2 Å². The molecule has 0 fully saturated rings. The normalized spacial score (nSPS) is 19.7. The molecule has 1 aliphatic heterocycles. The zero-order valence-corrected chi connectivity index (χ0v) is 12.2. The predicted octanol–water partition coefficient (Wildman–Crippen LogP) is 1.55. The second kappa shape index (κ2) is 5.44. The van der Waals surface area contributed by atoms with Crippen LogP contribution in [0.25, 0.3) is 0 Å². The van der Waals surface area contributed by atoms with Crippen LogP contribution in [0.2, 0.25) is 0 Å². The second-order valence-corrected chi connectivity index (χ2v) is 5.34. The number of hydrogen-bond acceptors (Lipinski definition) is 7. The van der Waals surface area contributed by atoms with Crippen LogP contribution in [0.4, 0.5) is 0 Å². The number of methoxy groups -OCH3 is 1. The molecule has 2 aromatic carbocycles. The number of aliphatic hydroxyl groups is 1. The van der Waals surface area contributed by atoms with Crippen LogP contribution in [-0.2, 0) is 6.42 Å². The Morgan fingerprint density at radius 1 is 1.04 bits per heavy atom. The molecule has 5 N–H and O–H groups in total. The van der Waals surface area contributed by atoms with Crippen LogP contribution in [-0.4, -0.2) is 38.7 Å². The monoisotopic (exact) mass is 320 g/mol. The van der Waals surface area contributed by atoms with Crippen LogP contribution in [0.1, 0.15) is 17.2 Å². The predicted molar refractivity (Wildman–Crippen MR) is 79.2 cm³/mol. The second-order valence-electron chi connectivity index (χ2n) is 5.34. The Morgan fingerprint density at radius 3 is 2.30 bits per heavy atom. The zero-order valence-electron chi connectivity index (χ0n) is 12.2. The van der Waals surface area contributed by atoms with Crippen LogP contribution < -0.4 is 9.47 Å². The average Bonchev–Trinajstić information content (AvgIpc) is 2.51. The van der Waals surface area contributed by atoms with Crippen molar-refractivity contribution in [1.82, 2.24) is 0 Å². The first-order valence-electron chi connectivity index (χ1n) is 6.90. The van der Waals surface area contributed by atoms with E-state index < -0.39 is 29.5 Å². The van der Waals surface area contributed by atoms with Crippen molar-refractivity contribution in [1.29, 1.82) is 0 Å². The third-order valence-corrected chi connectivity index (χ3v) is 3.81. The molecule has 0 saturated heterocycles. The summed E-state index contributed by atoms with van der Waals surface area (Å²) in [6, 6.07) is 5.23. The highest BCUT2D eigenvalue weighted by Crippen LogP contribution is 2.44. The molecule has 7 nitrogen and oxygen atoms in total. The summed E-state index contributed by atoms with van der Waals surface area (Å²) in [6.45, 7) is 0. The van der Waals surface area contributed by atoms with Crippen LogP contribution >= 0.6 is 0 Å². The maximum Gasteiger partial charge on any atom is 0.200 e. The lowest BCUT2D eigenvalue weighted by atomic mass is 9.93. The molecule has 3 rings (SSSR count). The lowest BCUT2D eigenvalue weighted by Crippen LogP contribution is -2.30. The van der Waals surface area contributed by atoms with Crippen molar-refractivity contribution in [2.24, 2.45) is 0 Å². The van der Waals surface area contributed by atoms with Gasteiger partial charge in [0.15, 0.2) is 23.4 Å². The number of hydrogen-bond donors (Lipinski definition) is 5. The molecule has 0 bridgehead atoms. The van der Waals surface area contributed by atoms with Crippen molar-refractivity contribution in [3.8, 4) is 34.5 Å². The SMILES string of the molecule is COc1cc(O)cc2c1C[C@@H](O)[C@@H](c1cc(O)c(O)c(O)c1)O2. The maximum atomic E-state index is 10.3. The van der Waals surface area contributed by atoms with Crippen LogP contribution in [0, 0.1) is 0 Å². The molecule has 0 aromatic heterocycles. The molecule has 2 aromatic rings. The molecule has 0 spiro atoms. The van der Waals surface area contributed by atoms with E-state index >= 15 is 0 Å². The molecule has 2 atom stereocenters. The topological polar surface area (TPSA) is 120 Å². The van der Waals surface area contributed by atoms with Gasteiger partial charge >= 0.3 is 0 Å². The highest BCUT2D eigenvalue weighted by atomic mass is 16.5. The molecule has 0 unspecified atom stereocenters. The van der Waals surface area contributed by atoms with E-state index in [0.717, 1.165) is 0 Å². The Labute approximate surface area is 131 Å². The van der Waals surface area contributed by atoms with E-state index in [-0.39, 0.29) is 12.2 Å². The standard InChI is InChI=1S/C16H16O7/c1-22-13-4-8(17)5-14-9(13)6-12(20)16(23-14)7-2-10(18)15(21)11(19)3-7/h2-5,12,16-21H,6H2,1H3/t12-,16-/m1/s1. The van der Waals surface area contributed by atoms with E-state index in [9.17, 15) is 25.5 Å². The van der Waals surface area contributed by atoms with Gasteiger partial charge in [-0.15, -0.1) is 0 Å². The highest BCUT2D eigenvalue weighted by molar-refractivity contribution is 5.54. The van der Waals surface area contributed by atoms with E-state index in [0.29, 0.717) is 22.6 Å². The molecule has 0 aliphatic carbocycles. The van der Waals surface area contributed by atoms with Gasteiger partial charge in [0.05, 0.1) is 13.2 Å². The number of fused-ring (bicyclic) bond motifs is 1. The van der Waals surface area contributed by atoms with Crippen molar-refractivity contribution < 1.29 is 35.0 Å². The molecule has 1 heterocycles. The van der Waals surface area contributed by atoms with Crippen molar-refractivity contribution in [3.05, 3.63) is 35.4 Å². The Balaban J connectivity index is 2.03. The summed E-state index contributed by atoms with van der Waals surface area (Å²) in [5.74, 6) is -0.991. The fourth-order valence-corrected chi connectivity index (χ4v) is 2.71. The molecule has 0 radical (unpaired) electrons. The number of aliphatic hydroxyl groups excluding tert-OH is 1. The van der Waals surface area contributed by atoms with Crippen molar-refractivity contribution in [3.63, 3.8) is 0 Å². The Bertz CT molecular complexity index is 733. The summed E-state index contributed by atoms with van der Waals surface area (Å²) < 4.78 is 10.9. The van der Waals surface area contributed by atoms with Crippen LogP contribution in [0.5, 0.6) is 34.5 Å². The molecule has 122 valence electrons. The molecule has 0 saturated carbocycles. The first-order chi connectivity index (χ1) is 10.9. The summed E-state index contributed by atoms with van der Waals surface area (Å²) in [6.07, 6.45) is -1.65. The van der Waals surface area contributed by atoms with Crippen LogP contribution in [0.15, 0.2) is 24.3 Å². The van der Waals surface area contributed by atoms with Gasteiger partial charge in [0.2, 0.25) is 0 Å². The Hall–Kier alpha value is -2.80. The fraction of sp³-hybridized carbons (Fsp3) is 0.250. The van der Waals surface area contributed by atoms with Gasteiger partial charge in [-0.05, 0) is 12.1 Å². The number of phenols is 4. The largest absolute Gasteiger partial charge is 0.508 e. The van der Waals surface area contributed by atoms with E-state index in [2.05, 4.69) is 0 Å². The minimum Gasteiger partial charge on any atom is -0.508 e. The number of rotatable bonds is 2. The first-order valence-corrected chi connectivity index (χ1v) is 6.90. The summed E-state index contributed by atoms with van der Waals surface area (Å²) >= 11 is 0. The van der Waals surface area contributed by atoms with Gasteiger partial charge in [-0.2, -0.15) is 0 Å². The van der Waals surface area contributed by atoms with Gasteiger partial charge in [-0.3, -0.25) is 0 Å². The van der Waals surface area contributed by atoms with E-state index in [4.69, 9.17) is 9.47 Å². The van der Waals surface area contributed by atoms with Gasteiger partial charge in [0.25, 0.3) is 0 Å². The van der Waals surface area contributed by atoms with Gasteiger partial charge in [0, 0.05) is 29.7 Å². The van der Waals surface area contributed by atoms with Crippen LogP contribution in [0.3, 0.4) is 0 Å². The van der Waals surface area contributed by atoms with Crippen molar-refractivity contribution in [2.45, 2.75) is 18.6 Å². The maximum absolute atomic E-state index is 10.3. The zero-order chi connectivity index (χ0) is 16.7. The quantitative estimate of drug-likeness (QED) is 0.533. The summed E-state index contributed by atoms with van der Waals surface area (Å²) in [5.41, 5.74) is 0.902. The molecular formula is C16H16O7. The molecular weight excluding hydrogens is 304 g/mol. The van der Waals surface area contributed by atoms with E-state index in [1.54, 1.807) is 0 Å². The smallest absolute Gasteiger partial charge is 0.200 e. The molecule has 7 heteroatoms. The third-order valence-electron chi connectivity index (χ3n) is 3.81. The van der Waals surface area contributed by atoms with Gasteiger partial charge in [-0.1, -0.05) is 0 Å². The number of ether oxygens (including phenoxy) is 2. The summed E-state index contributed by atoms with van der Waals surface area (Å²) in [7, 11) is 1.45. The lowest BCUT2D eigenvalue weighted by Gasteiger charge is -2.32. The van der Waals surface area contributed by atoms with E-state index in [1.807, 2.05) is 0 Å². The lowest BCUT2D eigenvalue weighted by molar-refractivity contribution is 0.0195. The fourth-order valence-electron chi connectivity index (χ4n) is 2.71. The highest BCUT2D eigenvalue weighted by Gasteiger charge is 2.33. The van der Waals surface area contributed by atoms with Gasteiger partial charge < -0.3 is 35.0 Å². The summed E-state index contributed by atoms with van der Waals surface area (Å²) in [5, 5.41) is 48.7. The van der Waals surface area contributed by atoms with Gasteiger partial charge in [-0.25, -0.2) is 0 Å². The number of phenolic OH excluding ortho intramolecular Hbond substituents is 4. The minimum absolute atomic E-state index is 0.0489. The first kappa shape index (κ1) is 15.1.